The van der Waals surface area contributed by atoms with Crippen molar-refractivity contribution in [3.8, 4) is 5.75 Å². The molecule has 1 N–H and O–H groups in total. The first kappa shape index (κ1) is 30.4. The van der Waals surface area contributed by atoms with Crippen LogP contribution in [0.1, 0.15) is 53.0 Å². The first-order valence-electron chi connectivity index (χ1n) is 12.3. The van der Waals surface area contributed by atoms with Gasteiger partial charge in [0.2, 0.25) is 21.8 Å². The van der Waals surface area contributed by atoms with Crippen molar-refractivity contribution in [3.05, 3.63) is 59.1 Å². The summed E-state index contributed by atoms with van der Waals surface area (Å²) in [5, 5.41) is 3.51. The molecule has 8 nitrogen and oxygen atoms in total. The molecular formula is C27H38ClN3O5S. The van der Waals surface area contributed by atoms with Crippen molar-refractivity contribution in [2.75, 3.05) is 23.7 Å². The molecule has 10 heteroatoms. The van der Waals surface area contributed by atoms with Gasteiger partial charge in [0.25, 0.3) is 0 Å². The number of hydrogen-bond donors (Lipinski definition) is 1. The van der Waals surface area contributed by atoms with Gasteiger partial charge < -0.3 is 15.0 Å². The average molecular weight is 552 g/mol. The third kappa shape index (κ3) is 9.89. The Morgan fingerprint density at radius 1 is 1.05 bits per heavy atom. The van der Waals surface area contributed by atoms with Crippen LogP contribution in [0.3, 0.4) is 0 Å². The maximum absolute atomic E-state index is 13.3. The van der Waals surface area contributed by atoms with Crippen LogP contribution in [0.5, 0.6) is 5.75 Å². The summed E-state index contributed by atoms with van der Waals surface area (Å²) in [7, 11) is -3.57. The highest BCUT2D eigenvalue weighted by atomic mass is 35.5. The Morgan fingerprint density at radius 2 is 1.65 bits per heavy atom. The van der Waals surface area contributed by atoms with E-state index in [0.717, 1.165) is 11.8 Å². The van der Waals surface area contributed by atoms with Gasteiger partial charge in [-0.3, -0.25) is 13.9 Å². The Kier molecular flexibility index (Phi) is 10.8. The highest BCUT2D eigenvalue weighted by Crippen LogP contribution is 2.23. The van der Waals surface area contributed by atoms with E-state index in [-0.39, 0.29) is 37.7 Å². The van der Waals surface area contributed by atoms with Gasteiger partial charge >= 0.3 is 0 Å². The van der Waals surface area contributed by atoms with Gasteiger partial charge in [-0.15, -0.1) is 0 Å². The lowest BCUT2D eigenvalue weighted by Gasteiger charge is -2.32. The predicted octanol–water partition coefficient (Wildman–Crippen LogP) is 4.62. The molecular weight excluding hydrogens is 514 g/mol. The summed E-state index contributed by atoms with van der Waals surface area (Å²) in [5.41, 5.74) is 0.878. The highest BCUT2D eigenvalue weighted by Gasteiger charge is 2.28. The SMILES string of the molecule is CCOc1ccc(N(CCCC(=O)N(Cc2ccc(Cl)cc2)[C@@H](C)C(=O)NC(C)(C)C)S(C)(=O)=O)cc1. The van der Waals surface area contributed by atoms with E-state index in [0.29, 0.717) is 23.1 Å². The largest absolute Gasteiger partial charge is 0.494 e. The molecule has 204 valence electrons. The number of nitrogens with zero attached hydrogens (tertiary/aromatic N) is 2. The molecule has 0 bridgehead atoms. The number of amides is 2. The second kappa shape index (κ2) is 13.1. The lowest BCUT2D eigenvalue weighted by Crippen LogP contribution is -2.52. The number of anilines is 1. The summed E-state index contributed by atoms with van der Waals surface area (Å²) in [6, 6.07) is 13.2. The maximum Gasteiger partial charge on any atom is 0.242 e. The van der Waals surface area contributed by atoms with E-state index >= 15 is 0 Å². The monoisotopic (exact) mass is 551 g/mol. The van der Waals surface area contributed by atoms with Crippen LogP contribution in [0, 0.1) is 0 Å². The van der Waals surface area contributed by atoms with Crippen molar-refractivity contribution in [2.24, 2.45) is 0 Å². The molecule has 0 heterocycles. The first-order valence-corrected chi connectivity index (χ1v) is 14.5. The van der Waals surface area contributed by atoms with E-state index in [1.807, 2.05) is 39.8 Å². The quantitative estimate of drug-likeness (QED) is 0.415. The molecule has 37 heavy (non-hydrogen) atoms. The third-order valence-electron chi connectivity index (χ3n) is 5.52. The minimum atomic E-state index is -3.57. The third-order valence-corrected chi connectivity index (χ3v) is 6.97. The van der Waals surface area contributed by atoms with Gasteiger partial charge in [-0.05, 0) is 83.0 Å². The molecule has 2 aromatic carbocycles. The summed E-state index contributed by atoms with van der Waals surface area (Å²) in [4.78, 5) is 27.8. The molecule has 2 amide bonds. The number of ether oxygens (including phenoxy) is 1. The molecule has 0 saturated heterocycles. The summed E-state index contributed by atoms with van der Waals surface area (Å²) in [5.74, 6) is 0.142. The molecule has 0 aliphatic rings. The van der Waals surface area contributed by atoms with Crippen LogP contribution in [0.15, 0.2) is 48.5 Å². The van der Waals surface area contributed by atoms with Crippen molar-refractivity contribution in [2.45, 2.75) is 65.6 Å². The highest BCUT2D eigenvalue weighted by molar-refractivity contribution is 7.92. The summed E-state index contributed by atoms with van der Waals surface area (Å²) in [6.45, 7) is 10.1. The maximum atomic E-state index is 13.3. The summed E-state index contributed by atoms with van der Waals surface area (Å²) < 4.78 is 31.7. The number of nitrogens with one attached hydrogen (secondary N) is 1. The molecule has 0 aromatic heterocycles. The second-order valence-corrected chi connectivity index (χ2v) is 12.3. The van der Waals surface area contributed by atoms with E-state index < -0.39 is 21.6 Å². The lowest BCUT2D eigenvalue weighted by molar-refractivity contribution is -0.141. The summed E-state index contributed by atoms with van der Waals surface area (Å²) >= 11 is 6.00. The minimum absolute atomic E-state index is 0.0732. The molecule has 1 atom stereocenters. The Hall–Kier alpha value is -2.78. The van der Waals surface area contributed by atoms with Crippen LogP contribution in [0.25, 0.3) is 0 Å². The smallest absolute Gasteiger partial charge is 0.242 e. The Bertz CT molecular complexity index is 1150. The topological polar surface area (TPSA) is 96.0 Å². The fourth-order valence-corrected chi connectivity index (χ4v) is 4.81. The van der Waals surface area contributed by atoms with Gasteiger partial charge in [0.05, 0.1) is 18.6 Å². The minimum Gasteiger partial charge on any atom is -0.494 e. The number of rotatable bonds is 12. The van der Waals surface area contributed by atoms with E-state index in [4.69, 9.17) is 16.3 Å². The molecule has 0 saturated carbocycles. The Labute approximate surface area is 226 Å². The number of hydrogen-bond acceptors (Lipinski definition) is 5. The van der Waals surface area contributed by atoms with Crippen LogP contribution in [0.2, 0.25) is 5.02 Å². The van der Waals surface area contributed by atoms with E-state index in [1.165, 1.54) is 9.21 Å². The predicted molar refractivity (Wildman–Crippen MR) is 148 cm³/mol. The van der Waals surface area contributed by atoms with Crippen LogP contribution < -0.4 is 14.4 Å². The molecule has 0 aliphatic carbocycles. The number of halogens is 1. The lowest BCUT2D eigenvalue weighted by atomic mass is 10.1. The second-order valence-electron chi connectivity index (χ2n) is 9.93. The number of benzene rings is 2. The van der Waals surface area contributed by atoms with Crippen LogP contribution in [-0.2, 0) is 26.2 Å². The van der Waals surface area contributed by atoms with Gasteiger partial charge in [0, 0.05) is 30.1 Å². The molecule has 2 rings (SSSR count). The zero-order valence-electron chi connectivity index (χ0n) is 22.5. The Morgan fingerprint density at radius 3 is 2.16 bits per heavy atom. The molecule has 0 unspecified atom stereocenters. The number of carbonyl (C=O) groups excluding carboxylic acids is 2. The van der Waals surface area contributed by atoms with Crippen molar-refractivity contribution >= 4 is 39.1 Å². The van der Waals surface area contributed by atoms with Crippen molar-refractivity contribution in [1.82, 2.24) is 10.2 Å². The van der Waals surface area contributed by atoms with Crippen molar-refractivity contribution < 1.29 is 22.7 Å². The zero-order valence-corrected chi connectivity index (χ0v) is 24.0. The van der Waals surface area contributed by atoms with E-state index in [1.54, 1.807) is 43.3 Å². The normalized spacial score (nSPS) is 12.5. The van der Waals surface area contributed by atoms with E-state index in [2.05, 4.69) is 5.32 Å². The van der Waals surface area contributed by atoms with Crippen molar-refractivity contribution in [1.29, 1.82) is 0 Å². The van der Waals surface area contributed by atoms with Crippen molar-refractivity contribution in [3.63, 3.8) is 0 Å². The van der Waals surface area contributed by atoms with Crippen LogP contribution in [0.4, 0.5) is 5.69 Å². The summed E-state index contributed by atoms with van der Waals surface area (Å²) in [6.07, 6.45) is 1.49. The number of carbonyl (C=O) groups is 2. The van der Waals surface area contributed by atoms with Gasteiger partial charge in [0.15, 0.2) is 0 Å². The van der Waals surface area contributed by atoms with Gasteiger partial charge in [0.1, 0.15) is 11.8 Å². The fourth-order valence-electron chi connectivity index (χ4n) is 3.72. The first-order chi connectivity index (χ1) is 17.2. The molecule has 0 radical (unpaired) electrons. The molecule has 0 spiro atoms. The zero-order chi connectivity index (χ0) is 27.8. The standard InChI is InChI=1S/C27H38ClN3O5S/c1-7-36-24-16-14-23(15-17-24)31(37(6,34)35)18-8-9-25(32)30(19-21-10-12-22(28)13-11-21)20(2)26(33)29-27(3,4)5/h10-17,20H,7-9,18-19H2,1-6H3,(H,29,33)/t20-/m0/s1. The van der Waals surface area contributed by atoms with E-state index in [9.17, 15) is 18.0 Å². The Balaban J connectivity index is 2.17. The van der Waals surface area contributed by atoms with Gasteiger partial charge in [-0.1, -0.05) is 23.7 Å². The molecule has 0 fully saturated rings. The van der Waals surface area contributed by atoms with Gasteiger partial charge in [-0.2, -0.15) is 0 Å². The molecule has 2 aromatic rings. The fraction of sp³-hybridized carbons (Fsp3) is 0.481. The average Bonchev–Trinajstić information content (AvgIpc) is 2.80. The molecule has 0 aliphatic heterocycles. The number of sulfonamides is 1. The van der Waals surface area contributed by atoms with Crippen LogP contribution >= 0.6 is 11.6 Å². The van der Waals surface area contributed by atoms with Crippen LogP contribution in [-0.4, -0.2) is 56.1 Å². The van der Waals surface area contributed by atoms with Gasteiger partial charge in [-0.25, -0.2) is 8.42 Å².